The van der Waals surface area contributed by atoms with Crippen molar-refractivity contribution in [2.75, 3.05) is 26.3 Å². The quantitative estimate of drug-likeness (QED) is 0.863. The molecule has 0 aliphatic carbocycles. The van der Waals surface area contributed by atoms with E-state index in [1.807, 2.05) is 13.8 Å². The Hall–Kier alpha value is -1.15. The van der Waals surface area contributed by atoms with Crippen LogP contribution < -0.4 is 4.72 Å². The minimum absolute atomic E-state index is 0.0467. The molecule has 6 nitrogen and oxygen atoms in total. The predicted octanol–water partition coefficient (Wildman–Crippen LogP) is 1.50. The number of hydrogen-bond acceptors (Lipinski definition) is 4. The van der Waals surface area contributed by atoms with Crippen molar-refractivity contribution in [1.29, 1.82) is 0 Å². The van der Waals surface area contributed by atoms with E-state index in [0.717, 1.165) is 0 Å². The Bertz CT molecular complexity index is 657. The number of carbonyl (C=O) groups excluding carboxylic acids is 1. The van der Waals surface area contributed by atoms with Crippen molar-refractivity contribution in [3.05, 3.63) is 29.3 Å². The zero-order valence-electron chi connectivity index (χ0n) is 13.2. The van der Waals surface area contributed by atoms with Crippen LogP contribution in [0.25, 0.3) is 0 Å². The summed E-state index contributed by atoms with van der Waals surface area (Å²) in [5, 5.41) is 0.327. The maximum atomic E-state index is 12.6. The summed E-state index contributed by atoms with van der Waals surface area (Å²) in [6.45, 7) is 5.50. The largest absolute Gasteiger partial charge is 0.378 e. The Morgan fingerprint density at radius 3 is 2.52 bits per heavy atom. The van der Waals surface area contributed by atoms with Crippen LogP contribution in [0.3, 0.4) is 0 Å². The molecule has 0 radical (unpaired) electrons. The Morgan fingerprint density at radius 2 is 1.96 bits per heavy atom. The smallest absolute Gasteiger partial charge is 0.241 e. The first-order chi connectivity index (χ1) is 10.8. The van der Waals surface area contributed by atoms with Gasteiger partial charge in [0.1, 0.15) is 6.04 Å². The average molecular weight is 361 g/mol. The fourth-order valence-electron chi connectivity index (χ4n) is 2.32. The van der Waals surface area contributed by atoms with E-state index in [1.54, 1.807) is 17.0 Å². The van der Waals surface area contributed by atoms with Crippen LogP contribution in [0.15, 0.2) is 29.2 Å². The third-order valence-corrected chi connectivity index (χ3v) is 5.32. The number of morpholine rings is 1. The van der Waals surface area contributed by atoms with Crippen molar-refractivity contribution >= 4 is 27.5 Å². The molecule has 0 saturated carbocycles. The molecule has 128 valence electrons. The van der Waals surface area contributed by atoms with Gasteiger partial charge in [-0.3, -0.25) is 4.79 Å². The summed E-state index contributed by atoms with van der Waals surface area (Å²) < 4.78 is 32.8. The number of nitrogens with zero attached hydrogens (tertiary/aromatic N) is 1. The first-order valence-electron chi connectivity index (χ1n) is 7.45. The molecular formula is C15H21ClN2O4S. The molecule has 1 fully saturated rings. The SMILES string of the molecule is CC(C)[C@@H](NS(=O)(=O)c1cccc(Cl)c1)C(=O)N1CCOCC1. The fourth-order valence-corrected chi connectivity index (χ4v) is 3.96. The molecule has 23 heavy (non-hydrogen) atoms. The molecule has 0 aromatic heterocycles. The second kappa shape index (κ2) is 7.61. The molecule has 1 aromatic carbocycles. The van der Waals surface area contributed by atoms with E-state index in [2.05, 4.69) is 4.72 Å². The van der Waals surface area contributed by atoms with Gasteiger partial charge in [0.2, 0.25) is 15.9 Å². The van der Waals surface area contributed by atoms with Gasteiger partial charge in [-0.05, 0) is 24.1 Å². The van der Waals surface area contributed by atoms with Gasteiger partial charge in [-0.1, -0.05) is 31.5 Å². The monoisotopic (exact) mass is 360 g/mol. The summed E-state index contributed by atoms with van der Waals surface area (Å²) in [5.41, 5.74) is 0. The van der Waals surface area contributed by atoms with Crippen molar-refractivity contribution in [1.82, 2.24) is 9.62 Å². The number of nitrogens with one attached hydrogen (secondary N) is 1. The van der Waals surface area contributed by atoms with Crippen LogP contribution in [0.2, 0.25) is 5.02 Å². The third kappa shape index (κ3) is 4.67. The van der Waals surface area contributed by atoms with Gasteiger partial charge in [0, 0.05) is 18.1 Å². The van der Waals surface area contributed by atoms with Crippen molar-refractivity contribution < 1.29 is 17.9 Å². The lowest BCUT2D eigenvalue weighted by molar-refractivity contribution is -0.138. The standard InChI is InChI=1S/C15H21ClN2O4S/c1-11(2)14(15(19)18-6-8-22-9-7-18)17-23(20,21)13-5-3-4-12(16)10-13/h3-5,10-11,14,17H,6-9H2,1-2H3/t14-/m1/s1. The highest BCUT2D eigenvalue weighted by molar-refractivity contribution is 7.89. The highest BCUT2D eigenvalue weighted by Crippen LogP contribution is 2.17. The predicted molar refractivity (Wildman–Crippen MR) is 87.8 cm³/mol. The molecule has 1 heterocycles. The van der Waals surface area contributed by atoms with Gasteiger partial charge >= 0.3 is 0 Å². The van der Waals surface area contributed by atoms with Crippen LogP contribution in [0, 0.1) is 5.92 Å². The summed E-state index contributed by atoms with van der Waals surface area (Å²) in [5.74, 6) is -0.409. The number of benzene rings is 1. The van der Waals surface area contributed by atoms with E-state index < -0.39 is 16.1 Å². The number of sulfonamides is 1. The maximum absolute atomic E-state index is 12.6. The number of carbonyl (C=O) groups is 1. The summed E-state index contributed by atoms with van der Waals surface area (Å²) in [6.07, 6.45) is 0. The minimum atomic E-state index is -3.82. The number of halogens is 1. The first-order valence-corrected chi connectivity index (χ1v) is 9.32. The lowest BCUT2D eigenvalue weighted by Crippen LogP contribution is -2.53. The lowest BCUT2D eigenvalue weighted by atomic mass is 10.0. The molecule has 1 amide bonds. The Kier molecular flexibility index (Phi) is 6.02. The van der Waals surface area contributed by atoms with E-state index in [4.69, 9.17) is 16.3 Å². The lowest BCUT2D eigenvalue weighted by Gasteiger charge is -2.32. The summed E-state index contributed by atoms with van der Waals surface area (Å²) in [7, 11) is -3.82. The van der Waals surface area contributed by atoms with Crippen molar-refractivity contribution in [2.45, 2.75) is 24.8 Å². The Labute approximate surface area is 141 Å². The van der Waals surface area contributed by atoms with Crippen LogP contribution >= 0.6 is 11.6 Å². The van der Waals surface area contributed by atoms with Crippen molar-refractivity contribution in [2.24, 2.45) is 5.92 Å². The van der Waals surface area contributed by atoms with Crippen LogP contribution in [-0.2, 0) is 19.6 Å². The molecule has 0 unspecified atom stereocenters. The van der Waals surface area contributed by atoms with Gasteiger partial charge in [-0.25, -0.2) is 8.42 Å². The number of rotatable bonds is 5. The molecule has 1 aromatic rings. The minimum Gasteiger partial charge on any atom is -0.378 e. The highest BCUT2D eigenvalue weighted by Gasteiger charge is 2.32. The maximum Gasteiger partial charge on any atom is 0.241 e. The summed E-state index contributed by atoms with van der Waals surface area (Å²) >= 11 is 5.85. The van der Waals surface area contributed by atoms with Gasteiger partial charge in [-0.15, -0.1) is 0 Å². The molecule has 1 aliphatic heterocycles. The van der Waals surface area contributed by atoms with Gasteiger partial charge < -0.3 is 9.64 Å². The van der Waals surface area contributed by atoms with E-state index in [9.17, 15) is 13.2 Å². The van der Waals surface area contributed by atoms with Crippen molar-refractivity contribution in [3.8, 4) is 0 Å². The average Bonchev–Trinajstić information content (AvgIpc) is 2.52. The molecule has 0 bridgehead atoms. The third-order valence-electron chi connectivity index (χ3n) is 3.64. The molecule has 2 rings (SSSR count). The number of ether oxygens (including phenoxy) is 1. The van der Waals surface area contributed by atoms with Gasteiger partial charge in [0.25, 0.3) is 0 Å². The van der Waals surface area contributed by atoms with Crippen LogP contribution in [0.1, 0.15) is 13.8 Å². The Morgan fingerprint density at radius 1 is 1.30 bits per heavy atom. The second-order valence-corrected chi connectivity index (χ2v) is 7.89. The second-order valence-electron chi connectivity index (χ2n) is 5.74. The van der Waals surface area contributed by atoms with Gasteiger partial charge in [0.15, 0.2) is 0 Å². The molecule has 1 N–H and O–H groups in total. The van der Waals surface area contributed by atoms with E-state index in [0.29, 0.717) is 31.3 Å². The molecule has 1 aliphatic rings. The number of hydrogen-bond donors (Lipinski definition) is 1. The van der Waals surface area contributed by atoms with Gasteiger partial charge in [0.05, 0.1) is 18.1 Å². The first kappa shape index (κ1) is 18.2. The topological polar surface area (TPSA) is 75.7 Å². The molecular weight excluding hydrogens is 340 g/mol. The van der Waals surface area contributed by atoms with E-state index >= 15 is 0 Å². The van der Waals surface area contributed by atoms with Crippen LogP contribution in [0.4, 0.5) is 0 Å². The molecule has 1 saturated heterocycles. The molecule has 0 spiro atoms. The van der Waals surface area contributed by atoms with Crippen molar-refractivity contribution in [3.63, 3.8) is 0 Å². The summed E-state index contributed by atoms with van der Waals surface area (Å²) in [4.78, 5) is 14.3. The number of amides is 1. The fraction of sp³-hybridized carbons (Fsp3) is 0.533. The summed E-state index contributed by atoms with van der Waals surface area (Å²) in [6, 6.07) is 5.15. The van der Waals surface area contributed by atoms with Crippen LogP contribution in [0.5, 0.6) is 0 Å². The van der Waals surface area contributed by atoms with Gasteiger partial charge in [-0.2, -0.15) is 4.72 Å². The Balaban J connectivity index is 2.19. The van der Waals surface area contributed by atoms with E-state index in [-0.39, 0.29) is 16.7 Å². The highest BCUT2D eigenvalue weighted by atomic mass is 35.5. The van der Waals surface area contributed by atoms with Crippen LogP contribution in [-0.4, -0.2) is 51.6 Å². The zero-order chi connectivity index (χ0) is 17.0. The normalized spacial score (nSPS) is 17.3. The zero-order valence-corrected chi connectivity index (χ0v) is 14.7. The molecule has 1 atom stereocenters. The van der Waals surface area contributed by atoms with E-state index in [1.165, 1.54) is 12.1 Å². The molecule has 8 heteroatoms.